The number of likely N-dealkylation sites (tertiary alicyclic amines) is 1. The largest absolute Gasteiger partial charge is 0.383 e. The third-order valence-electron chi connectivity index (χ3n) is 9.22. The lowest BCUT2D eigenvalue weighted by Gasteiger charge is -2.33. The number of thiazole rings is 1. The minimum atomic E-state index is -0.632. The van der Waals surface area contributed by atoms with E-state index in [-0.39, 0.29) is 11.0 Å². The van der Waals surface area contributed by atoms with Crippen molar-refractivity contribution in [1.29, 1.82) is 0 Å². The Morgan fingerprint density at radius 2 is 1.65 bits per heavy atom. The average Bonchev–Trinajstić information content (AvgIpc) is 3.83. The van der Waals surface area contributed by atoms with E-state index in [1.807, 2.05) is 82.3 Å². The van der Waals surface area contributed by atoms with Crippen LogP contribution in [0.1, 0.15) is 61.5 Å². The van der Waals surface area contributed by atoms with Gasteiger partial charge in [-0.25, -0.2) is 24.3 Å². The van der Waals surface area contributed by atoms with Crippen molar-refractivity contribution in [1.82, 2.24) is 34.7 Å². The second-order valence-corrected chi connectivity index (χ2v) is 13.7. The molecule has 0 bridgehead atoms. The fraction of sp³-hybridized carbons (Fsp3) is 0.233. The summed E-state index contributed by atoms with van der Waals surface area (Å²) < 4.78 is 17.1. The number of amides is 1. The summed E-state index contributed by atoms with van der Waals surface area (Å²) in [5, 5.41) is 3.63. The van der Waals surface area contributed by atoms with E-state index in [1.165, 1.54) is 17.7 Å². The number of halogens is 1. The number of pyridine rings is 2. The zero-order valence-corrected chi connectivity index (χ0v) is 32.4. The SMILES string of the molecule is C=C(NC1CCN(Cc2ccc(-n3c(-c4cccnc4N)nc4ccc(-c5ccccc5)nc43)cc2)CC1)c1cc(F)cc2sc(C(N)=O)nc12.CC.CC. The van der Waals surface area contributed by atoms with Gasteiger partial charge in [0.15, 0.2) is 16.5 Å². The Balaban J connectivity index is 0.00000125. The van der Waals surface area contributed by atoms with Crippen LogP contribution in [0.2, 0.25) is 0 Å². The number of imidazole rings is 1. The Morgan fingerprint density at radius 3 is 2.35 bits per heavy atom. The maximum absolute atomic E-state index is 14.4. The van der Waals surface area contributed by atoms with Gasteiger partial charge in [-0.1, -0.05) is 76.7 Å². The molecule has 12 heteroatoms. The molecule has 0 aliphatic carbocycles. The highest BCUT2D eigenvalue weighted by molar-refractivity contribution is 7.20. The Hall–Kier alpha value is -5.98. The number of anilines is 1. The van der Waals surface area contributed by atoms with Crippen LogP contribution in [0, 0.1) is 5.82 Å². The van der Waals surface area contributed by atoms with E-state index >= 15 is 0 Å². The third kappa shape index (κ3) is 8.40. The van der Waals surface area contributed by atoms with Crippen LogP contribution in [-0.2, 0) is 6.54 Å². The van der Waals surface area contributed by atoms with Crippen molar-refractivity contribution in [2.45, 2.75) is 53.1 Å². The van der Waals surface area contributed by atoms with Gasteiger partial charge >= 0.3 is 0 Å². The maximum atomic E-state index is 14.4. The number of nitrogens with one attached hydrogen (secondary N) is 1. The Labute approximate surface area is 324 Å². The van der Waals surface area contributed by atoms with Crippen LogP contribution in [0.15, 0.2) is 104 Å². The first-order valence-electron chi connectivity index (χ1n) is 18.6. The Morgan fingerprint density at radius 1 is 0.927 bits per heavy atom. The number of nitrogen functional groups attached to an aromatic ring is 1. The van der Waals surface area contributed by atoms with Crippen molar-refractivity contribution >= 4 is 50.1 Å². The van der Waals surface area contributed by atoms with E-state index in [0.717, 1.165) is 77.5 Å². The van der Waals surface area contributed by atoms with Crippen molar-refractivity contribution < 1.29 is 9.18 Å². The van der Waals surface area contributed by atoms with Crippen LogP contribution >= 0.6 is 11.3 Å². The van der Waals surface area contributed by atoms with Gasteiger partial charge in [0.2, 0.25) is 0 Å². The average molecular weight is 756 g/mol. The highest BCUT2D eigenvalue weighted by Gasteiger charge is 2.23. The monoisotopic (exact) mass is 755 g/mol. The van der Waals surface area contributed by atoms with Gasteiger partial charge in [0, 0.05) is 54.4 Å². The first-order chi connectivity index (χ1) is 26.8. The predicted molar refractivity (Wildman–Crippen MR) is 223 cm³/mol. The topological polar surface area (TPSA) is 141 Å². The molecule has 0 spiro atoms. The lowest BCUT2D eigenvalue weighted by Crippen LogP contribution is -2.41. The molecule has 1 amide bonds. The van der Waals surface area contributed by atoms with Gasteiger partial charge in [0.05, 0.1) is 21.5 Å². The molecule has 5 N–H and O–H groups in total. The number of nitrogens with zero attached hydrogens (tertiary/aromatic N) is 6. The molecule has 3 aromatic carbocycles. The summed E-state index contributed by atoms with van der Waals surface area (Å²) in [6, 6.07) is 29.3. The standard InChI is InChI=1S/C39H34FN9OS.2C2H6/c1-23(30-20-26(40)21-33-34(30)47-39(51-33)36(42)50)44-27-15-18-48(19-16-27)22-24-9-11-28(12-10-24)49-37(29-8-5-17-43-35(29)41)46-32-14-13-31(45-38(32)49)25-6-3-2-4-7-25;2*1-2/h2-14,17,20-21,27,44H,1,15-16,18-19,22H2,(H2,41,43)(H2,42,50);2*1-2H3. The number of carbonyl (C=O) groups is 1. The summed E-state index contributed by atoms with van der Waals surface area (Å²) >= 11 is 1.08. The molecule has 1 fully saturated rings. The number of nitrogens with two attached hydrogens (primary N) is 2. The lowest BCUT2D eigenvalue weighted by molar-refractivity contribution is 0.1000. The van der Waals surface area contributed by atoms with E-state index in [4.69, 9.17) is 21.4 Å². The number of carbonyl (C=O) groups excluding carboxylic acids is 1. The number of piperidine rings is 1. The van der Waals surface area contributed by atoms with Gasteiger partial charge in [0.1, 0.15) is 17.2 Å². The zero-order valence-electron chi connectivity index (χ0n) is 31.6. The molecular weight excluding hydrogens is 710 g/mol. The van der Waals surface area contributed by atoms with Gasteiger partial charge in [-0.2, -0.15) is 0 Å². The maximum Gasteiger partial charge on any atom is 0.277 e. The van der Waals surface area contributed by atoms with Crippen LogP contribution in [0.25, 0.3) is 55.4 Å². The zero-order chi connectivity index (χ0) is 39.1. The summed E-state index contributed by atoms with van der Waals surface area (Å²) in [5.74, 6) is 0.0413. The van der Waals surface area contributed by atoms with Crippen molar-refractivity contribution in [2.75, 3.05) is 18.8 Å². The quantitative estimate of drug-likeness (QED) is 0.133. The molecule has 0 unspecified atom stereocenters. The molecule has 1 aliphatic rings. The Kier molecular flexibility index (Phi) is 12.3. The van der Waals surface area contributed by atoms with E-state index in [9.17, 15) is 9.18 Å². The van der Waals surface area contributed by atoms with Gasteiger partial charge in [-0.15, -0.1) is 11.3 Å². The van der Waals surface area contributed by atoms with Crippen molar-refractivity contribution in [3.8, 4) is 28.3 Å². The number of rotatable bonds is 9. The second kappa shape index (κ2) is 17.4. The van der Waals surface area contributed by atoms with Crippen LogP contribution in [0.4, 0.5) is 10.2 Å². The van der Waals surface area contributed by atoms with Crippen molar-refractivity contribution in [3.05, 3.63) is 126 Å². The number of benzene rings is 3. The summed E-state index contributed by atoms with van der Waals surface area (Å²) in [7, 11) is 0. The molecule has 0 saturated carbocycles. The van der Waals surface area contributed by atoms with Crippen molar-refractivity contribution in [2.24, 2.45) is 5.73 Å². The molecule has 282 valence electrons. The van der Waals surface area contributed by atoms with Crippen LogP contribution in [0.5, 0.6) is 0 Å². The molecule has 0 atom stereocenters. The van der Waals surface area contributed by atoms with Crippen LogP contribution in [-0.4, -0.2) is 54.4 Å². The van der Waals surface area contributed by atoms with E-state index < -0.39 is 11.7 Å². The summed E-state index contributed by atoms with van der Waals surface area (Å²) in [5.41, 5.74) is 19.7. The molecule has 1 aliphatic heterocycles. The minimum Gasteiger partial charge on any atom is -0.383 e. The lowest BCUT2D eigenvalue weighted by atomic mass is 10.0. The van der Waals surface area contributed by atoms with Crippen molar-refractivity contribution in [3.63, 3.8) is 0 Å². The third-order valence-corrected chi connectivity index (χ3v) is 10.2. The first kappa shape index (κ1) is 38.7. The summed E-state index contributed by atoms with van der Waals surface area (Å²) in [6.07, 6.45) is 3.46. The van der Waals surface area contributed by atoms with E-state index in [1.54, 1.807) is 6.20 Å². The van der Waals surface area contributed by atoms with Gasteiger partial charge in [-0.05, 0) is 66.9 Å². The molecule has 4 aromatic heterocycles. The number of fused-ring (bicyclic) bond motifs is 2. The van der Waals surface area contributed by atoms with Gasteiger partial charge in [-0.3, -0.25) is 14.3 Å². The molecule has 5 heterocycles. The second-order valence-electron chi connectivity index (χ2n) is 12.6. The first-order valence-corrected chi connectivity index (χ1v) is 19.5. The number of primary amides is 1. The number of hydrogen-bond donors (Lipinski definition) is 3. The normalized spacial score (nSPS) is 13.1. The predicted octanol–water partition coefficient (Wildman–Crippen LogP) is 8.86. The summed E-state index contributed by atoms with van der Waals surface area (Å²) in [4.78, 5) is 32.8. The molecule has 1 saturated heterocycles. The molecule has 8 rings (SSSR count). The highest BCUT2D eigenvalue weighted by Crippen LogP contribution is 2.33. The van der Waals surface area contributed by atoms with Crippen LogP contribution < -0.4 is 16.8 Å². The van der Waals surface area contributed by atoms with Crippen LogP contribution in [0.3, 0.4) is 0 Å². The molecule has 55 heavy (non-hydrogen) atoms. The number of aromatic nitrogens is 5. The fourth-order valence-corrected chi connectivity index (χ4v) is 7.53. The van der Waals surface area contributed by atoms with Gasteiger partial charge < -0.3 is 16.8 Å². The Bertz CT molecular complexity index is 2420. The highest BCUT2D eigenvalue weighted by atomic mass is 32.1. The fourth-order valence-electron chi connectivity index (χ4n) is 6.66. The molecule has 10 nitrogen and oxygen atoms in total. The smallest absolute Gasteiger partial charge is 0.277 e. The van der Waals surface area contributed by atoms with Gasteiger partial charge in [0.25, 0.3) is 5.91 Å². The minimum absolute atomic E-state index is 0.150. The molecular formula is C43H46FN9OS. The summed E-state index contributed by atoms with van der Waals surface area (Å²) in [6.45, 7) is 14.8. The molecule has 0 radical (unpaired) electrons. The van der Waals surface area contributed by atoms with E-state index in [0.29, 0.717) is 33.1 Å². The molecule has 7 aromatic rings. The number of hydrogen-bond acceptors (Lipinski definition) is 9. The van der Waals surface area contributed by atoms with E-state index in [2.05, 4.69) is 55.6 Å².